The molecule has 1 N–H and O–H groups in total. The van der Waals surface area contributed by atoms with Gasteiger partial charge in [-0.05, 0) is 30.1 Å². The Hall–Kier alpha value is -0.0800. The average molecular weight is 252 g/mol. The molecule has 1 aliphatic heterocycles. The summed E-state index contributed by atoms with van der Waals surface area (Å²) in [5.41, 5.74) is 0.371. The van der Waals surface area contributed by atoms with Crippen LogP contribution in [0.3, 0.4) is 0 Å². The lowest BCUT2D eigenvalue weighted by atomic mass is 9.77. The number of nitrogens with one attached hydrogen (secondary N) is 1. The second-order valence-electron chi connectivity index (χ2n) is 8.07. The van der Waals surface area contributed by atoms with Crippen LogP contribution in [0.2, 0.25) is 0 Å². The van der Waals surface area contributed by atoms with E-state index in [2.05, 4.69) is 51.8 Å². The van der Waals surface area contributed by atoms with Gasteiger partial charge in [-0.2, -0.15) is 0 Å². The lowest BCUT2D eigenvalue weighted by molar-refractivity contribution is -0.0151. The fourth-order valence-corrected chi connectivity index (χ4v) is 3.54. The first kappa shape index (κ1) is 14.3. The monoisotopic (exact) mass is 252 g/mol. The molecule has 0 aromatic carbocycles. The Labute approximate surface area is 114 Å². The normalized spacial score (nSPS) is 38.8. The molecule has 106 valence electrons. The van der Waals surface area contributed by atoms with Crippen LogP contribution in [0.15, 0.2) is 0 Å². The third kappa shape index (κ3) is 2.91. The van der Waals surface area contributed by atoms with Gasteiger partial charge in [0.1, 0.15) is 0 Å². The summed E-state index contributed by atoms with van der Waals surface area (Å²) in [7, 11) is 0. The summed E-state index contributed by atoms with van der Waals surface area (Å²) in [4.78, 5) is 2.83. The first-order chi connectivity index (χ1) is 8.29. The van der Waals surface area contributed by atoms with Gasteiger partial charge in [0, 0.05) is 31.2 Å². The highest BCUT2D eigenvalue weighted by Crippen LogP contribution is 2.36. The molecule has 0 aromatic heterocycles. The number of hydrogen-bond donors (Lipinski definition) is 1. The third-order valence-electron chi connectivity index (χ3n) is 5.03. The Morgan fingerprint density at radius 1 is 1.17 bits per heavy atom. The largest absolute Gasteiger partial charge is 0.311 e. The fraction of sp³-hybridized carbons (Fsp3) is 1.00. The smallest absolute Gasteiger partial charge is 0.0247 e. The zero-order valence-corrected chi connectivity index (χ0v) is 13.2. The van der Waals surface area contributed by atoms with E-state index in [-0.39, 0.29) is 0 Å². The second kappa shape index (κ2) is 5.13. The van der Waals surface area contributed by atoms with Crippen LogP contribution in [0, 0.1) is 17.3 Å². The summed E-state index contributed by atoms with van der Waals surface area (Å²) in [6, 6.07) is 2.24. The molecular formula is C16H32N2. The predicted molar refractivity (Wildman–Crippen MR) is 78.8 cm³/mol. The predicted octanol–water partition coefficient (Wildman–Crippen LogP) is 3.13. The molecule has 1 aliphatic carbocycles. The minimum atomic E-state index is 0.371. The molecule has 2 unspecified atom stereocenters. The maximum absolute atomic E-state index is 3.79. The average Bonchev–Trinajstić information content (AvgIpc) is 2.22. The van der Waals surface area contributed by atoms with E-state index < -0.39 is 0 Å². The minimum absolute atomic E-state index is 0.371. The lowest BCUT2D eigenvalue weighted by Gasteiger charge is -2.53. The van der Waals surface area contributed by atoms with Gasteiger partial charge in [-0.15, -0.1) is 0 Å². The van der Waals surface area contributed by atoms with E-state index in [1.807, 2.05) is 0 Å². The molecule has 2 heteroatoms. The van der Waals surface area contributed by atoms with Crippen LogP contribution in [-0.4, -0.2) is 36.1 Å². The van der Waals surface area contributed by atoms with Gasteiger partial charge in [-0.3, -0.25) is 4.90 Å². The molecule has 0 amide bonds. The van der Waals surface area contributed by atoms with E-state index in [4.69, 9.17) is 0 Å². The topological polar surface area (TPSA) is 15.3 Å². The van der Waals surface area contributed by atoms with Gasteiger partial charge in [0.05, 0.1) is 0 Å². The highest BCUT2D eigenvalue weighted by molar-refractivity contribution is 4.98. The minimum Gasteiger partial charge on any atom is -0.311 e. The van der Waals surface area contributed by atoms with Crippen molar-refractivity contribution in [2.45, 2.75) is 72.5 Å². The van der Waals surface area contributed by atoms with Crippen molar-refractivity contribution in [3.8, 4) is 0 Å². The Morgan fingerprint density at radius 2 is 1.78 bits per heavy atom. The van der Waals surface area contributed by atoms with Crippen molar-refractivity contribution >= 4 is 0 Å². The lowest BCUT2D eigenvalue weighted by Crippen LogP contribution is -2.65. The first-order valence-electron chi connectivity index (χ1n) is 7.78. The highest BCUT2D eigenvalue weighted by Gasteiger charge is 2.41. The van der Waals surface area contributed by atoms with Crippen LogP contribution in [0.4, 0.5) is 0 Å². The quantitative estimate of drug-likeness (QED) is 0.812. The molecule has 0 spiro atoms. The first-order valence-corrected chi connectivity index (χ1v) is 7.78. The molecule has 0 aromatic rings. The third-order valence-corrected chi connectivity index (χ3v) is 5.03. The summed E-state index contributed by atoms with van der Waals surface area (Å²) in [6.45, 7) is 16.6. The van der Waals surface area contributed by atoms with Gasteiger partial charge >= 0.3 is 0 Å². The molecule has 18 heavy (non-hydrogen) atoms. The molecule has 1 saturated carbocycles. The number of nitrogens with zero attached hydrogens (tertiary/aromatic N) is 1. The summed E-state index contributed by atoms with van der Waals surface area (Å²) in [5.74, 6) is 1.71. The molecule has 2 fully saturated rings. The van der Waals surface area contributed by atoms with Gasteiger partial charge in [0.2, 0.25) is 0 Å². The number of rotatable bonds is 2. The Balaban J connectivity index is 2.04. The van der Waals surface area contributed by atoms with Gasteiger partial charge < -0.3 is 5.32 Å². The maximum atomic E-state index is 3.79. The van der Waals surface area contributed by atoms with E-state index in [1.54, 1.807) is 0 Å². The molecular weight excluding hydrogens is 220 g/mol. The molecule has 2 atom stereocenters. The Bertz CT molecular complexity index is 273. The molecule has 2 rings (SSSR count). The van der Waals surface area contributed by atoms with Crippen molar-refractivity contribution in [2.75, 3.05) is 13.1 Å². The Morgan fingerprint density at radius 3 is 2.22 bits per heavy atom. The van der Waals surface area contributed by atoms with E-state index in [1.165, 1.54) is 25.9 Å². The second-order valence-corrected chi connectivity index (χ2v) is 8.07. The van der Waals surface area contributed by atoms with Crippen LogP contribution in [0.5, 0.6) is 0 Å². The van der Waals surface area contributed by atoms with Gasteiger partial charge in [-0.1, -0.05) is 41.5 Å². The van der Waals surface area contributed by atoms with Gasteiger partial charge in [-0.25, -0.2) is 0 Å². The number of piperazine rings is 1. The van der Waals surface area contributed by atoms with E-state index in [9.17, 15) is 0 Å². The summed E-state index contributed by atoms with van der Waals surface area (Å²) >= 11 is 0. The SMILES string of the molecule is CC1CC(N2CC(C(C)(C)C)NCC2C(C)C)C1. The van der Waals surface area contributed by atoms with Crippen LogP contribution >= 0.6 is 0 Å². The molecule has 1 saturated heterocycles. The van der Waals surface area contributed by atoms with Crippen LogP contribution < -0.4 is 5.32 Å². The number of hydrogen-bond acceptors (Lipinski definition) is 2. The van der Waals surface area contributed by atoms with Crippen molar-refractivity contribution in [1.29, 1.82) is 0 Å². The summed E-state index contributed by atoms with van der Waals surface area (Å²) < 4.78 is 0. The summed E-state index contributed by atoms with van der Waals surface area (Å²) in [6.07, 6.45) is 2.83. The molecule has 0 radical (unpaired) electrons. The fourth-order valence-electron chi connectivity index (χ4n) is 3.54. The van der Waals surface area contributed by atoms with E-state index in [0.29, 0.717) is 11.5 Å². The molecule has 1 heterocycles. The van der Waals surface area contributed by atoms with Crippen molar-refractivity contribution in [3.63, 3.8) is 0 Å². The van der Waals surface area contributed by atoms with Crippen molar-refractivity contribution in [3.05, 3.63) is 0 Å². The standard InChI is InChI=1S/C16H32N2/c1-11(2)14-9-17-15(16(4,5)6)10-18(14)13-7-12(3)8-13/h11-15,17H,7-10H2,1-6H3. The molecule has 2 nitrogen and oxygen atoms in total. The van der Waals surface area contributed by atoms with Gasteiger partial charge in [0.25, 0.3) is 0 Å². The Kier molecular flexibility index (Phi) is 4.08. The zero-order chi connectivity index (χ0) is 13.5. The van der Waals surface area contributed by atoms with E-state index >= 15 is 0 Å². The van der Waals surface area contributed by atoms with Crippen molar-refractivity contribution in [2.24, 2.45) is 17.3 Å². The van der Waals surface area contributed by atoms with Crippen molar-refractivity contribution < 1.29 is 0 Å². The highest BCUT2D eigenvalue weighted by atomic mass is 15.3. The molecule has 2 aliphatic rings. The maximum Gasteiger partial charge on any atom is 0.0247 e. The molecule has 0 bridgehead atoms. The van der Waals surface area contributed by atoms with Gasteiger partial charge in [0.15, 0.2) is 0 Å². The van der Waals surface area contributed by atoms with Crippen molar-refractivity contribution in [1.82, 2.24) is 10.2 Å². The van der Waals surface area contributed by atoms with Crippen LogP contribution in [0.1, 0.15) is 54.4 Å². The van der Waals surface area contributed by atoms with Crippen LogP contribution in [0.25, 0.3) is 0 Å². The van der Waals surface area contributed by atoms with Crippen LogP contribution in [-0.2, 0) is 0 Å². The van der Waals surface area contributed by atoms with E-state index in [0.717, 1.165) is 23.9 Å². The summed E-state index contributed by atoms with van der Waals surface area (Å²) in [5, 5.41) is 3.79. The zero-order valence-electron chi connectivity index (χ0n) is 13.2.